The Bertz CT molecular complexity index is 961. The molecule has 1 heterocycles. The monoisotopic (exact) mass is 270 g/mol. The highest BCUT2D eigenvalue weighted by Crippen LogP contribution is 2.28. The minimum absolute atomic E-state index is 0.0774. The third kappa shape index (κ3) is 3.35. The number of rotatable bonds is 6. The van der Waals surface area contributed by atoms with Gasteiger partial charge in [0.1, 0.15) is 5.75 Å². The van der Waals surface area contributed by atoms with E-state index in [0.717, 1.165) is 6.07 Å². The highest BCUT2D eigenvalue weighted by Gasteiger charge is 2.08. The van der Waals surface area contributed by atoms with Crippen molar-refractivity contribution in [2.24, 2.45) is 5.73 Å². The molecule has 0 saturated heterocycles. The normalized spacial score (nSPS) is 22.9. The number of benzene rings is 1. The van der Waals surface area contributed by atoms with E-state index in [1.54, 1.807) is 0 Å². The maximum atomic E-state index is 8.20. The fourth-order valence-electron chi connectivity index (χ4n) is 1.58. The van der Waals surface area contributed by atoms with Gasteiger partial charge < -0.3 is 15.8 Å². The Balaban J connectivity index is 2.73. The van der Waals surface area contributed by atoms with Gasteiger partial charge in [-0.3, -0.25) is 4.98 Å². The van der Waals surface area contributed by atoms with Crippen molar-refractivity contribution in [1.82, 2.24) is 4.98 Å². The SMILES string of the molecule is [2H]c1nc2c(NC(C)C([2H])([2H])C([2H])([2H])CN)cc(OC([2H])([2H])[2H])c([2H])c2c([2H])c1[2H]. The summed E-state index contributed by atoms with van der Waals surface area (Å²) in [6.45, 7) is 0.736. The highest BCUT2D eigenvalue weighted by molar-refractivity contribution is 5.91. The number of nitrogens with one attached hydrogen (secondary N) is 1. The van der Waals surface area contributed by atoms with E-state index in [1.807, 2.05) is 0 Å². The number of ether oxygens (including phenoxy) is 1. The molecule has 1 aromatic carbocycles. The van der Waals surface area contributed by atoms with Crippen LogP contribution in [0.1, 0.15) is 34.7 Å². The van der Waals surface area contributed by atoms with Crippen molar-refractivity contribution in [3.63, 3.8) is 0 Å². The lowest BCUT2D eigenvalue weighted by molar-refractivity contribution is 0.415. The third-order valence-electron chi connectivity index (χ3n) is 2.33. The lowest BCUT2D eigenvalue weighted by atomic mass is 10.1. The van der Waals surface area contributed by atoms with E-state index in [1.165, 1.54) is 6.92 Å². The summed E-state index contributed by atoms with van der Waals surface area (Å²) in [5, 5.41) is 2.43. The Labute approximate surface area is 129 Å². The lowest BCUT2D eigenvalue weighted by Crippen LogP contribution is -2.17. The molecule has 4 nitrogen and oxygen atoms in total. The van der Waals surface area contributed by atoms with E-state index < -0.39 is 62.4 Å². The zero-order chi connectivity index (χ0) is 23.2. The fourth-order valence-corrected chi connectivity index (χ4v) is 1.58. The largest absolute Gasteiger partial charge is 0.497 e. The quantitative estimate of drug-likeness (QED) is 0.847. The molecule has 102 valence electrons. The zero-order valence-corrected chi connectivity index (χ0v) is 10.3. The molecule has 4 heteroatoms. The molecule has 0 aliphatic heterocycles. The second kappa shape index (κ2) is 6.38. The lowest BCUT2D eigenvalue weighted by Gasteiger charge is -2.17. The molecule has 0 bridgehead atoms. The summed E-state index contributed by atoms with van der Waals surface area (Å²) in [6.07, 6.45) is -5.46. The Morgan fingerprint density at radius 2 is 2.58 bits per heavy atom. The highest BCUT2D eigenvalue weighted by atomic mass is 16.5. The molecular formula is C15H21N3O. The van der Waals surface area contributed by atoms with Crippen LogP contribution in [0.4, 0.5) is 5.69 Å². The zero-order valence-electron chi connectivity index (χ0n) is 21.3. The van der Waals surface area contributed by atoms with Gasteiger partial charge in [0.2, 0.25) is 0 Å². The van der Waals surface area contributed by atoms with E-state index in [0.29, 0.717) is 0 Å². The number of pyridine rings is 1. The van der Waals surface area contributed by atoms with E-state index in [-0.39, 0.29) is 16.6 Å². The van der Waals surface area contributed by atoms with Crippen molar-refractivity contribution in [3.8, 4) is 5.75 Å². The van der Waals surface area contributed by atoms with Gasteiger partial charge in [-0.2, -0.15) is 0 Å². The van der Waals surface area contributed by atoms with Crippen LogP contribution >= 0.6 is 0 Å². The first-order valence-electron chi connectivity index (χ1n) is 11.1. The van der Waals surface area contributed by atoms with E-state index >= 15 is 0 Å². The summed E-state index contributed by atoms with van der Waals surface area (Å²) in [4.78, 5) is 3.89. The molecule has 0 spiro atoms. The van der Waals surface area contributed by atoms with E-state index in [9.17, 15) is 0 Å². The Morgan fingerprint density at radius 3 is 3.37 bits per heavy atom. The fraction of sp³-hybridized carbons (Fsp3) is 0.400. The maximum Gasteiger partial charge on any atom is 0.121 e. The van der Waals surface area contributed by atoms with Crippen molar-refractivity contribution in [2.45, 2.75) is 25.7 Å². The summed E-state index contributed by atoms with van der Waals surface area (Å²) >= 11 is 0. The molecule has 3 N–H and O–H groups in total. The van der Waals surface area contributed by atoms with Gasteiger partial charge in [0, 0.05) is 29.2 Å². The predicted octanol–water partition coefficient (Wildman–Crippen LogP) is 2.78. The van der Waals surface area contributed by atoms with Crippen LogP contribution < -0.4 is 15.8 Å². The van der Waals surface area contributed by atoms with Crippen molar-refractivity contribution in [1.29, 1.82) is 0 Å². The summed E-state index contributed by atoms with van der Waals surface area (Å²) in [6, 6.07) is -1.79. The average Bonchev–Trinajstić information content (AvgIpc) is 2.61. The van der Waals surface area contributed by atoms with Gasteiger partial charge in [0.25, 0.3) is 0 Å². The molecule has 0 radical (unpaired) electrons. The first-order chi connectivity index (χ1) is 13.5. The molecule has 1 unspecified atom stereocenters. The van der Waals surface area contributed by atoms with Crippen LogP contribution in [-0.4, -0.2) is 24.6 Å². The van der Waals surface area contributed by atoms with Crippen molar-refractivity contribution < 1.29 is 19.8 Å². The van der Waals surface area contributed by atoms with Crippen molar-refractivity contribution in [3.05, 3.63) is 30.4 Å². The van der Waals surface area contributed by atoms with Gasteiger partial charge in [0.05, 0.1) is 27.8 Å². The number of nitrogens with two attached hydrogens (primary N) is 1. The second-order valence-electron chi connectivity index (χ2n) is 3.74. The van der Waals surface area contributed by atoms with Crippen LogP contribution in [0.15, 0.2) is 30.4 Å². The second-order valence-corrected chi connectivity index (χ2v) is 3.74. The minimum atomic E-state index is -2.92. The molecule has 0 amide bonds. The first-order valence-corrected chi connectivity index (χ1v) is 5.60. The smallest absolute Gasteiger partial charge is 0.121 e. The van der Waals surface area contributed by atoms with Crippen LogP contribution in [0, 0.1) is 0 Å². The summed E-state index contributed by atoms with van der Waals surface area (Å²) < 4.78 is 90.4. The molecule has 1 atom stereocenters. The van der Waals surface area contributed by atoms with Crippen LogP contribution in [0.2, 0.25) is 0 Å². The van der Waals surface area contributed by atoms with Gasteiger partial charge in [-0.1, -0.05) is 6.04 Å². The Kier molecular flexibility index (Phi) is 1.78. The number of hydrogen-bond acceptors (Lipinski definition) is 4. The molecule has 0 saturated carbocycles. The average molecular weight is 270 g/mol. The molecule has 1 aromatic heterocycles. The van der Waals surface area contributed by atoms with Gasteiger partial charge in [-0.05, 0) is 38.3 Å². The number of anilines is 1. The number of nitrogens with zero attached hydrogens (tertiary/aromatic N) is 1. The van der Waals surface area contributed by atoms with Gasteiger partial charge >= 0.3 is 0 Å². The van der Waals surface area contributed by atoms with E-state index in [2.05, 4.69) is 10.3 Å². The summed E-state index contributed by atoms with van der Waals surface area (Å²) in [5.74, 6) is -0.466. The molecule has 19 heavy (non-hydrogen) atoms. The van der Waals surface area contributed by atoms with Gasteiger partial charge in [0.15, 0.2) is 0 Å². The molecule has 0 aliphatic carbocycles. The molecule has 0 aliphatic rings. The van der Waals surface area contributed by atoms with E-state index in [4.69, 9.17) is 25.5 Å². The first kappa shape index (κ1) is 5.29. The van der Waals surface area contributed by atoms with Crippen LogP contribution in [0.25, 0.3) is 10.9 Å². The minimum Gasteiger partial charge on any atom is -0.497 e. The Morgan fingerprint density at radius 1 is 1.68 bits per heavy atom. The number of methoxy groups -OCH3 is 1. The number of hydrogen-bond donors (Lipinski definition) is 2. The van der Waals surface area contributed by atoms with Gasteiger partial charge in [-0.15, -0.1) is 0 Å². The number of fused-ring (bicyclic) bond motifs is 1. The van der Waals surface area contributed by atoms with Crippen molar-refractivity contribution >= 4 is 16.6 Å². The topological polar surface area (TPSA) is 60.2 Å². The summed E-state index contributed by atoms with van der Waals surface area (Å²) in [5.41, 5.74) is 5.13. The van der Waals surface area contributed by atoms with Crippen LogP contribution in [0.5, 0.6) is 5.75 Å². The summed E-state index contributed by atoms with van der Waals surface area (Å²) in [7, 11) is -2.92. The third-order valence-corrected chi connectivity index (χ3v) is 2.33. The van der Waals surface area contributed by atoms with Gasteiger partial charge in [-0.25, -0.2) is 0 Å². The maximum absolute atomic E-state index is 8.20. The van der Waals surface area contributed by atoms with Crippen LogP contribution in [-0.2, 0) is 0 Å². The molecular weight excluding hydrogens is 238 g/mol. The molecule has 2 rings (SSSR count). The molecule has 2 aromatic rings. The Hall–Kier alpha value is -1.81. The number of aromatic nitrogens is 1. The predicted molar refractivity (Wildman–Crippen MR) is 79.7 cm³/mol. The standard InChI is InChI=1S/C15H21N3O/c1-11(5-3-7-16)18-14-10-13(19-2)9-12-6-4-8-17-15(12)14/h4,6,8-11,18H,3,5,7,16H2,1-2H3/i2D3,3D2,4D,5D2,6D,8D,9D. The molecule has 0 fully saturated rings. The van der Waals surface area contributed by atoms with Crippen LogP contribution in [0.3, 0.4) is 0 Å². The van der Waals surface area contributed by atoms with Crippen molar-refractivity contribution in [2.75, 3.05) is 18.9 Å².